The highest BCUT2D eigenvalue weighted by Gasteiger charge is 2.12. The van der Waals surface area contributed by atoms with Crippen LogP contribution < -0.4 is 10.6 Å². The van der Waals surface area contributed by atoms with Gasteiger partial charge in [0.15, 0.2) is 0 Å². The van der Waals surface area contributed by atoms with Crippen molar-refractivity contribution in [3.05, 3.63) is 0 Å². The second-order valence-corrected chi connectivity index (χ2v) is 3.78. The van der Waals surface area contributed by atoms with Gasteiger partial charge in [0, 0.05) is 13.1 Å². The Morgan fingerprint density at radius 1 is 1.07 bits per heavy atom. The van der Waals surface area contributed by atoms with E-state index >= 15 is 0 Å². The maximum Gasteiger partial charge on any atom is 0.246 e. The molecule has 1 aromatic rings. The lowest BCUT2D eigenvalue weighted by molar-refractivity contribution is 0.551. The molecule has 1 fully saturated rings. The summed E-state index contributed by atoms with van der Waals surface area (Å²) < 4.78 is 0. The van der Waals surface area contributed by atoms with Crippen molar-refractivity contribution < 1.29 is 0 Å². The van der Waals surface area contributed by atoms with Crippen LogP contribution in [-0.2, 0) is 0 Å². The van der Waals surface area contributed by atoms with E-state index in [0.29, 0.717) is 5.95 Å². The van der Waals surface area contributed by atoms with Gasteiger partial charge in [-0.05, 0) is 12.8 Å². The number of hydrogen-bond donors (Lipinski definition) is 2. The van der Waals surface area contributed by atoms with Gasteiger partial charge in [-0.15, -0.1) is 5.10 Å². The quantitative estimate of drug-likeness (QED) is 0.705. The molecule has 1 aromatic heterocycles. The third-order valence-electron chi connectivity index (χ3n) is 2.63. The molecule has 0 bridgehead atoms. The second-order valence-electron chi connectivity index (χ2n) is 3.78. The van der Waals surface area contributed by atoms with Crippen LogP contribution in [0.15, 0.2) is 0 Å². The van der Waals surface area contributed by atoms with Crippen LogP contribution in [-0.4, -0.2) is 28.3 Å². The van der Waals surface area contributed by atoms with E-state index in [1.54, 1.807) is 0 Å². The molecule has 0 unspecified atom stereocenters. The van der Waals surface area contributed by atoms with E-state index < -0.39 is 0 Å². The van der Waals surface area contributed by atoms with Crippen LogP contribution >= 0.6 is 0 Å². The zero-order valence-corrected chi connectivity index (χ0v) is 8.37. The number of nitrogen functional groups attached to an aromatic ring is 1. The topological polar surface area (TPSA) is 70.8 Å². The van der Waals surface area contributed by atoms with E-state index in [9.17, 15) is 0 Å². The van der Waals surface area contributed by atoms with Crippen LogP contribution in [0.2, 0.25) is 0 Å². The molecule has 5 nitrogen and oxygen atoms in total. The van der Waals surface area contributed by atoms with E-state index in [1.165, 1.54) is 32.1 Å². The zero-order chi connectivity index (χ0) is 9.80. The average molecular weight is 195 g/mol. The summed E-state index contributed by atoms with van der Waals surface area (Å²) in [5.41, 5.74) is 5.50. The third-order valence-corrected chi connectivity index (χ3v) is 2.63. The van der Waals surface area contributed by atoms with E-state index in [1.807, 2.05) is 0 Å². The Labute approximate surface area is 83.7 Å². The van der Waals surface area contributed by atoms with Gasteiger partial charge < -0.3 is 10.6 Å². The van der Waals surface area contributed by atoms with Gasteiger partial charge in [0.25, 0.3) is 0 Å². The average Bonchev–Trinajstić information content (AvgIpc) is 2.51. The summed E-state index contributed by atoms with van der Waals surface area (Å²) in [5, 5.41) is 6.75. The zero-order valence-electron chi connectivity index (χ0n) is 8.37. The summed E-state index contributed by atoms with van der Waals surface area (Å²) in [7, 11) is 0. The first-order valence-electron chi connectivity index (χ1n) is 5.29. The number of aromatic amines is 1. The van der Waals surface area contributed by atoms with Gasteiger partial charge in [-0.1, -0.05) is 19.3 Å². The summed E-state index contributed by atoms with van der Waals surface area (Å²) in [6.45, 7) is 2.11. The minimum Gasteiger partial charge on any atom is -0.368 e. The molecule has 0 radical (unpaired) electrons. The number of nitrogens with one attached hydrogen (secondary N) is 1. The number of aromatic nitrogens is 3. The lowest BCUT2D eigenvalue weighted by Crippen LogP contribution is -2.28. The Bertz CT molecular complexity index is 274. The normalized spacial score (nSPS) is 19.0. The molecule has 0 amide bonds. The summed E-state index contributed by atoms with van der Waals surface area (Å²) in [5.74, 6) is 1.16. The van der Waals surface area contributed by atoms with Crippen molar-refractivity contribution in [2.75, 3.05) is 23.7 Å². The minimum absolute atomic E-state index is 0.405. The van der Waals surface area contributed by atoms with Crippen molar-refractivity contribution in [3.63, 3.8) is 0 Å². The van der Waals surface area contributed by atoms with Gasteiger partial charge in [-0.2, -0.15) is 4.98 Å². The van der Waals surface area contributed by atoms with Gasteiger partial charge in [0.2, 0.25) is 11.9 Å². The van der Waals surface area contributed by atoms with Gasteiger partial charge in [0.1, 0.15) is 0 Å². The van der Waals surface area contributed by atoms with Crippen LogP contribution in [0.4, 0.5) is 11.9 Å². The van der Waals surface area contributed by atoms with Crippen LogP contribution in [0, 0.1) is 0 Å². The summed E-state index contributed by atoms with van der Waals surface area (Å²) >= 11 is 0. The fourth-order valence-corrected chi connectivity index (χ4v) is 1.85. The van der Waals surface area contributed by atoms with E-state index in [4.69, 9.17) is 5.73 Å². The molecule has 5 heteroatoms. The van der Waals surface area contributed by atoms with Crippen molar-refractivity contribution in [2.24, 2.45) is 0 Å². The van der Waals surface area contributed by atoms with E-state index in [-0.39, 0.29) is 0 Å². The fourth-order valence-electron chi connectivity index (χ4n) is 1.85. The highest BCUT2D eigenvalue weighted by molar-refractivity contribution is 5.33. The van der Waals surface area contributed by atoms with Crippen molar-refractivity contribution >= 4 is 11.9 Å². The molecule has 1 aliphatic rings. The summed E-state index contributed by atoms with van der Waals surface area (Å²) in [6, 6.07) is 0. The number of nitrogens with zero attached hydrogens (tertiary/aromatic N) is 3. The fraction of sp³-hybridized carbons (Fsp3) is 0.778. The number of rotatable bonds is 1. The third kappa shape index (κ3) is 2.16. The number of H-pyrrole nitrogens is 1. The Balaban J connectivity index is 2.00. The monoisotopic (exact) mass is 195 g/mol. The molecule has 0 saturated carbocycles. The molecule has 1 saturated heterocycles. The van der Waals surface area contributed by atoms with Gasteiger partial charge >= 0.3 is 0 Å². The molecule has 0 aromatic carbocycles. The molecule has 0 aliphatic carbocycles. The molecule has 0 spiro atoms. The number of nitrogens with two attached hydrogens (primary N) is 1. The summed E-state index contributed by atoms with van der Waals surface area (Å²) in [6.07, 6.45) is 6.46. The van der Waals surface area contributed by atoms with Crippen molar-refractivity contribution in [3.8, 4) is 0 Å². The predicted molar refractivity (Wildman–Crippen MR) is 56.1 cm³/mol. The Morgan fingerprint density at radius 2 is 1.71 bits per heavy atom. The highest BCUT2D eigenvalue weighted by Crippen LogP contribution is 2.15. The molecule has 2 rings (SSSR count). The van der Waals surface area contributed by atoms with Gasteiger partial charge in [-0.25, -0.2) is 5.10 Å². The van der Waals surface area contributed by atoms with Gasteiger partial charge in [-0.3, -0.25) is 0 Å². The molecule has 0 atom stereocenters. The molecule has 2 heterocycles. The van der Waals surface area contributed by atoms with Gasteiger partial charge in [0.05, 0.1) is 0 Å². The Morgan fingerprint density at radius 3 is 2.29 bits per heavy atom. The second kappa shape index (κ2) is 4.30. The van der Waals surface area contributed by atoms with Crippen LogP contribution in [0.25, 0.3) is 0 Å². The number of anilines is 2. The first kappa shape index (κ1) is 9.30. The smallest absolute Gasteiger partial charge is 0.246 e. The Hall–Kier alpha value is -1.26. The highest BCUT2D eigenvalue weighted by atomic mass is 15.4. The molecule has 3 N–H and O–H groups in total. The first-order valence-corrected chi connectivity index (χ1v) is 5.29. The first-order chi connectivity index (χ1) is 6.86. The number of hydrogen-bond acceptors (Lipinski definition) is 4. The molecular formula is C9H17N5. The lowest BCUT2D eigenvalue weighted by atomic mass is 10.1. The van der Waals surface area contributed by atoms with Crippen LogP contribution in [0.1, 0.15) is 32.1 Å². The van der Waals surface area contributed by atoms with Crippen LogP contribution in [0.3, 0.4) is 0 Å². The maximum absolute atomic E-state index is 5.50. The van der Waals surface area contributed by atoms with Crippen molar-refractivity contribution in [2.45, 2.75) is 32.1 Å². The molecule has 78 valence electrons. The summed E-state index contributed by atoms with van der Waals surface area (Å²) in [4.78, 5) is 6.36. The molecular weight excluding hydrogens is 178 g/mol. The largest absolute Gasteiger partial charge is 0.368 e. The Kier molecular flexibility index (Phi) is 2.86. The molecule has 1 aliphatic heterocycles. The van der Waals surface area contributed by atoms with Crippen molar-refractivity contribution in [1.82, 2.24) is 15.2 Å². The SMILES string of the molecule is Nc1nc(N2CCCCCCC2)n[nH]1. The molecule has 14 heavy (non-hydrogen) atoms. The van der Waals surface area contributed by atoms with Crippen molar-refractivity contribution in [1.29, 1.82) is 0 Å². The lowest BCUT2D eigenvalue weighted by Gasteiger charge is -2.22. The minimum atomic E-state index is 0.405. The standard InChI is InChI=1S/C9H17N5/c10-8-11-9(13-12-8)14-6-4-2-1-3-5-7-14/h1-7H2,(H3,10,11,12,13). The predicted octanol–water partition coefficient (Wildman–Crippen LogP) is 1.16. The van der Waals surface area contributed by atoms with E-state index in [2.05, 4.69) is 20.1 Å². The van der Waals surface area contributed by atoms with E-state index in [0.717, 1.165) is 19.0 Å². The maximum atomic E-state index is 5.50. The van der Waals surface area contributed by atoms with Crippen LogP contribution in [0.5, 0.6) is 0 Å².